The van der Waals surface area contributed by atoms with Gasteiger partial charge in [-0.15, -0.1) is 12.4 Å². The average molecular weight is 167 g/mol. The molecule has 0 bridgehead atoms. The molecule has 2 nitrogen and oxygen atoms in total. The number of hydrogen-bond acceptors (Lipinski definition) is 2. The third-order valence-electron chi connectivity index (χ3n) is 1.56. The van der Waals surface area contributed by atoms with E-state index in [0.717, 1.165) is 31.8 Å². The topological polar surface area (TPSA) is 52.0 Å². The van der Waals surface area contributed by atoms with Crippen molar-refractivity contribution >= 4 is 12.4 Å². The second-order valence-corrected chi connectivity index (χ2v) is 2.61. The summed E-state index contributed by atoms with van der Waals surface area (Å²) in [5.74, 6) is 0.763. The van der Waals surface area contributed by atoms with Crippen LogP contribution in [0, 0.1) is 5.92 Å². The van der Waals surface area contributed by atoms with Crippen LogP contribution in [0.4, 0.5) is 0 Å². The Kier molecular flexibility index (Phi) is 11.8. The van der Waals surface area contributed by atoms with Crippen LogP contribution in [0.25, 0.3) is 0 Å². The molecule has 0 radical (unpaired) electrons. The highest BCUT2D eigenvalue weighted by molar-refractivity contribution is 5.85. The summed E-state index contributed by atoms with van der Waals surface area (Å²) in [7, 11) is 0. The Hall–Kier alpha value is 0.210. The highest BCUT2D eigenvalue weighted by atomic mass is 35.5. The molecule has 0 aliphatic rings. The Balaban J connectivity index is 0. The quantitative estimate of drug-likeness (QED) is 0.644. The van der Waals surface area contributed by atoms with Crippen LogP contribution in [0.15, 0.2) is 0 Å². The molecule has 0 aromatic carbocycles. The molecule has 0 aliphatic heterocycles. The van der Waals surface area contributed by atoms with Crippen molar-refractivity contribution in [3.63, 3.8) is 0 Å². The molecule has 0 rings (SSSR count). The molecule has 0 saturated heterocycles. The fourth-order valence-electron chi connectivity index (χ4n) is 0.895. The summed E-state index contributed by atoms with van der Waals surface area (Å²) in [4.78, 5) is 0. The normalized spacial score (nSPS) is 12.3. The molecule has 0 spiro atoms. The van der Waals surface area contributed by atoms with Crippen LogP contribution < -0.4 is 11.5 Å². The minimum Gasteiger partial charge on any atom is -0.330 e. The van der Waals surface area contributed by atoms with E-state index in [2.05, 4.69) is 6.92 Å². The molecule has 4 N–H and O–H groups in total. The van der Waals surface area contributed by atoms with Gasteiger partial charge in [0.15, 0.2) is 0 Å². The van der Waals surface area contributed by atoms with Gasteiger partial charge >= 0.3 is 0 Å². The number of hydrogen-bond donors (Lipinski definition) is 2. The number of halogens is 1. The van der Waals surface area contributed by atoms with Gasteiger partial charge in [-0.25, -0.2) is 0 Å². The van der Waals surface area contributed by atoms with Gasteiger partial charge in [-0.2, -0.15) is 0 Å². The first-order chi connectivity index (χ1) is 4.31. The summed E-state index contributed by atoms with van der Waals surface area (Å²) in [5, 5.41) is 0. The predicted molar refractivity (Wildman–Crippen MR) is 48.4 cm³/mol. The standard InChI is InChI=1S/C7H18N2.ClH/c1-7(4-6-9)3-2-5-8;/h7H,2-6,8-9H2,1H3;1H. The maximum Gasteiger partial charge on any atom is -0.00747 e. The van der Waals surface area contributed by atoms with Crippen LogP contribution >= 0.6 is 12.4 Å². The van der Waals surface area contributed by atoms with Crippen LogP contribution in [0.3, 0.4) is 0 Å². The van der Waals surface area contributed by atoms with Crippen molar-refractivity contribution in [3.8, 4) is 0 Å². The molecule has 0 amide bonds. The summed E-state index contributed by atoms with van der Waals surface area (Å²) in [6, 6.07) is 0. The van der Waals surface area contributed by atoms with Crippen molar-refractivity contribution in [2.24, 2.45) is 17.4 Å². The highest BCUT2D eigenvalue weighted by Crippen LogP contribution is 2.07. The lowest BCUT2D eigenvalue weighted by molar-refractivity contribution is 0.485. The van der Waals surface area contributed by atoms with E-state index in [-0.39, 0.29) is 12.4 Å². The van der Waals surface area contributed by atoms with Crippen LogP contribution in [0.5, 0.6) is 0 Å². The van der Waals surface area contributed by atoms with Crippen molar-refractivity contribution in [1.29, 1.82) is 0 Å². The molecule has 0 heterocycles. The first-order valence-electron chi connectivity index (χ1n) is 3.71. The molecule has 0 aromatic rings. The molecule has 0 saturated carbocycles. The van der Waals surface area contributed by atoms with Gasteiger partial charge in [0, 0.05) is 0 Å². The molecular weight excluding hydrogens is 148 g/mol. The van der Waals surface area contributed by atoms with E-state index in [1.165, 1.54) is 6.42 Å². The van der Waals surface area contributed by atoms with Gasteiger partial charge in [-0.1, -0.05) is 6.92 Å². The maximum absolute atomic E-state index is 5.37. The maximum atomic E-state index is 5.37. The molecule has 3 heteroatoms. The van der Waals surface area contributed by atoms with Crippen molar-refractivity contribution in [3.05, 3.63) is 0 Å². The number of nitrogens with two attached hydrogens (primary N) is 2. The van der Waals surface area contributed by atoms with E-state index in [0.29, 0.717) is 0 Å². The summed E-state index contributed by atoms with van der Waals surface area (Å²) in [6.45, 7) is 3.85. The van der Waals surface area contributed by atoms with Gasteiger partial charge in [0.25, 0.3) is 0 Å². The zero-order chi connectivity index (χ0) is 7.11. The van der Waals surface area contributed by atoms with Crippen LogP contribution in [0.1, 0.15) is 26.2 Å². The SMILES string of the molecule is CC(CCN)CCCN.Cl. The van der Waals surface area contributed by atoms with Gasteiger partial charge in [0.2, 0.25) is 0 Å². The number of rotatable bonds is 5. The second-order valence-electron chi connectivity index (χ2n) is 2.61. The lowest BCUT2D eigenvalue weighted by Crippen LogP contribution is -2.07. The monoisotopic (exact) mass is 166 g/mol. The summed E-state index contributed by atoms with van der Waals surface area (Å²) < 4.78 is 0. The van der Waals surface area contributed by atoms with Gasteiger partial charge in [-0.3, -0.25) is 0 Å². The van der Waals surface area contributed by atoms with Crippen molar-refractivity contribution in [2.45, 2.75) is 26.2 Å². The van der Waals surface area contributed by atoms with E-state index in [9.17, 15) is 0 Å². The Labute approximate surface area is 69.8 Å². The van der Waals surface area contributed by atoms with Gasteiger partial charge < -0.3 is 11.5 Å². The zero-order valence-corrected chi connectivity index (χ0v) is 7.49. The Morgan fingerprint density at radius 2 is 1.70 bits per heavy atom. The lowest BCUT2D eigenvalue weighted by Gasteiger charge is -2.06. The van der Waals surface area contributed by atoms with Crippen LogP contribution in [-0.4, -0.2) is 13.1 Å². The first-order valence-corrected chi connectivity index (χ1v) is 3.71. The molecule has 1 atom stereocenters. The third kappa shape index (κ3) is 8.21. The Morgan fingerprint density at radius 1 is 1.10 bits per heavy atom. The van der Waals surface area contributed by atoms with E-state index in [1.54, 1.807) is 0 Å². The van der Waals surface area contributed by atoms with Gasteiger partial charge in [-0.05, 0) is 38.3 Å². The molecule has 0 aliphatic carbocycles. The molecule has 1 unspecified atom stereocenters. The van der Waals surface area contributed by atoms with Gasteiger partial charge in [0.1, 0.15) is 0 Å². The van der Waals surface area contributed by atoms with Crippen molar-refractivity contribution in [2.75, 3.05) is 13.1 Å². The minimum absolute atomic E-state index is 0. The van der Waals surface area contributed by atoms with E-state index in [1.807, 2.05) is 0 Å². The molecule has 10 heavy (non-hydrogen) atoms. The fraction of sp³-hybridized carbons (Fsp3) is 1.00. The van der Waals surface area contributed by atoms with Crippen LogP contribution in [0.2, 0.25) is 0 Å². The Morgan fingerprint density at radius 3 is 2.10 bits per heavy atom. The summed E-state index contributed by atoms with van der Waals surface area (Å²) in [5.41, 5.74) is 10.7. The average Bonchev–Trinajstić information content (AvgIpc) is 1.85. The predicted octanol–water partition coefficient (Wildman–Crippen LogP) is 1.13. The van der Waals surface area contributed by atoms with Crippen LogP contribution in [-0.2, 0) is 0 Å². The third-order valence-corrected chi connectivity index (χ3v) is 1.56. The molecule has 0 fully saturated rings. The van der Waals surface area contributed by atoms with E-state index in [4.69, 9.17) is 11.5 Å². The molecular formula is C7H19ClN2. The summed E-state index contributed by atoms with van der Waals surface area (Å²) >= 11 is 0. The lowest BCUT2D eigenvalue weighted by atomic mass is 10.0. The largest absolute Gasteiger partial charge is 0.330 e. The van der Waals surface area contributed by atoms with E-state index >= 15 is 0 Å². The first kappa shape index (κ1) is 12.8. The Bertz CT molecular complexity index is 59.6. The van der Waals surface area contributed by atoms with E-state index < -0.39 is 0 Å². The fourth-order valence-corrected chi connectivity index (χ4v) is 0.895. The second kappa shape index (κ2) is 9.21. The zero-order valence-electron chi connectivity index (χ0n) is 6.68. The van der Waals surface area contributed by atoms with Crippen molar-refractivity contribution in [1.82, 2.24) is 0 Å². The minimum atomic E-state index is 0. The van der Waals surface area contributed by atoms with Gasteiger partial charge in [0.05, 0.1) is 0 Å². The van der Waals surface area contributed by atoms with Crippen molar-refractivity contribution < 1.29 is 0 Å². The molecule has 0 aromatic heterocycles. The smallest absolute Gasteiger partial charge is 0.00747 e. The molecule has 64 valence electrons. The highest BCUT2D eigenvalue weighted by Gasteiger charge is 1.97. The summed E-state index contributed by atoms with van der Waals surface area (Å²) in [6.07, 6.45) is 3.51.